The first kappa shape index (κ1) is 19.9. The van der Waals surface area contributed by atoms with Gasteiger partial charge >= 0.3 is 0 Å². The summed E-state index contributed by atoms with van der Waals surface area (Å²) in [6.07, 6.45) is 3.14. The van der Waals surface area contributed by atoms with Gasteiger partial charge in [-0.15, -0.1) is 11.3 Å². The van der Waals surface area contributed by atoms with Crippen molar-refractivity contribution in [2.45, 2.75) is 13.5 Å². The second kappa shape index (κ2) is 9.39. The van der Waals surface area contributed by atoms with Crippen molar-refractivity contribution < 1.29 is 14.3 Å². The Morgan fingerprint density at radius 2 is 2.11 bits per heavy atom. The molecule has 0 fully saturated rings. The number of thiazole rings is 1. The van der Waals surface area contributed by atoms with E-state index in [1.807, 2.05) is 36.6 Å². The molecule has 7 heteroatoms. The van der Waals surface area contributed by atoms with Crippen LogP contribution >= 0.6 is 22.9 Å². The first-order valence-corrected chi connectivity index (χ1v) is 9.76. The van der Waals surface area contributed by atoms with Crippen molar-refractivity contribution in [1.82, 2.24) is 4.98 Å². The molecule has 0 saturated carbocycles. The Hall–Kier alpha value is -2.83. The van der Waals surface area contributed by atoms with Crippen LogP contribution in [0.2, 0.25) is 5.02 Å². The first-order valence-electron chi connectivity index (χ1n) is 8.50. The molecule has 2 aromatic carbocycles. The van der Waals surface area contributed by atoms with Crippen LogP contribution in [0.5, 0.6) is 11.5 Å². The average molecular weight is 415 g/mol. The van der Waals surface area contributed by atoms with Gasteiger partial charge in [0.25, 0.3) is 0 Å². The number of anilines is 1. The van der Waals surface area contributed by atoms with Crippen LogP contribution in [0.25, 0.3) is 6.08 Å². The molecule has 0 radical (unpaired) electrons. The van der Waals surface area contributed by atoms with Crippen LogP contribution in [0.3, 0.4) is 0 Å². The number of benzene rings is 2. The molecule has 3 rings (SSSR count). The number of carbonyl (C=O) groups is 1. The Kier molecular flexibility index (Phi) is 6.68. The number of hydrogen-bond acceptors (Lipinski definition) is 5. The topological polar surface area (TPSA) is 60.5 Å². The van der Waals surface area contributed by atoms with Gasteiger partial charge in [-0.2, -0.15) is 0 Å². The van der Waals surface area contributed by atoms with E-state index in [1.54, 1.807) is 42.7 Å². The molecular formula is C21H19ClN2O3S. The SMILES string of the molecule is COc1ccc(NC(=O)C=Cc2ccccc2OCc2csc(C)n2)c(Cl)c1. The maximum atomic E-state index is 12.2. The number of amides is 1. The van der Waals surface area contributed by atoms with Gasteiger partial charge in [-0.1, -0.05) is 29.8 Å². The lowest BCUT2D eigenvalue weighted by atomic mass is 10.2. The molecule has 1 aromatic heterocycles. The van der Waals surface area contributed by atoms with Gasteiger partial charge in [-0.05, 0) is 31.2 Å². The van der Waals surface area contributed by atoms with E-state index >= 15 is 0 Å². The second-order valence-corrected chi connectivity index (χ2v) is 7.32. The van der Waals surface area contributed by atoms with Crippen LogP contribution in [0.4, 0.5) is 5.69 Å². The van der Waals surface area contributed by atoms with E-state index in [9.17, 15) is 4.79 Å². The minimum absolute atomic E-state index is 0.294. The van der Waals surface area contributed by atoms with Crippen molar-refractivity contribution in [2.75, 3.05) is 12.4 Å². The molecule has 28 heavy (non-hydrogen) atoms. The van der Waals surface area contributed by atoms with E-state index in [4.69, 9.17) is 21.1 Å². The lowest BCUT2D eigenvalue weighted by Crippen LogP contribution is -2.08. The van der Waals surface area contributed by atoms with E-state index in [-0.39, 0.29) is 5.91 Å². The van der Waals surface area contributed by atoms with Crippen molar-refractivity contribution in [2.24, 2.45) is 0 Å². The van der Waals surface area contributed by atoms with Crippen LogP contribution in [0.1, 0.15) is 16.3 Å². The molecule has 1 amide bonds. The predicted octanol–water partition coefficient (Wildman–Crippen LogP) is 5.34. The van der Waals surface area contributed by atoms with Gasteiger partial charge in [0.15, 0.2) is 0 Å². The van der Waals surface area contributed by atoms with Gasteiger partial charge in [-0.25, -0.2) is 4.98 Å². The van der Waals surface area contributed by atoms with Crippen molar-refractivity contribution >= 4 is 40.6 Å². The summed E-state index contributed by atoms with van der Waals surface area (Å²) in [6.45, 7) is 2.33. The van der Waals surface area contributed by atoms with Crippen molar-refractivity contribution in [3.8, 4) is 11.5 Å². The summed E-state index contributed by atoms with van der Waals surface area (Å²) in [6, 6.07) is 12.6. The zero-order valence-electron chi connectivity index (χ0n) is 15.4. The van der Waals surface area contributed by atoms with Crippen LogP contribution in [0.15, 0.2) is 53.9 Å². The smallest absolute Gasteiger partial charge is 0.248 e. The van der Waals surface area contributed by atoms with Gasteiger partial charge < -0.3 is 14.8 Å². The van der Waals surface area contributed by atoms with Gasteiger partial charge in [0.2, 0.25) is 5.91 Å². The Morgan fingerprint density at radius 3 is 2.82 bits per heavy atom. The average Bonchev–Trinajstić information content (AvgIpc) is 3.12. The lowest BCUT2D eigenvalue weighted by Gasteiger charge is -2.08. The van der Waals surface area contributed by atoms with E-state index in [0.29, 0.717) is 28.8 Å². The minimum Gasteiger partial charge on any atom is -0.497 e. The predicted molar refractivity (Wildman–Crippen MR) is 113 cm³/mol. The third-order valence-electron chi connectivity index (χ3n) is 3.81. The van der Waals surface area contributed by atoms with Gasteiger partial charge in [-0.3, -0.25) is 4.79 Å². The third kappa shape index (κ3) is 5.34. The molecule has 0 saturated heterocycles. The number of ether oxygens (including phenoxy) is 2. The zero-order chi connectivity index (χ0) is 19.9. The molecule has 1 N–H and O–H groups in total. The van der Waals surface area contributed by atoms with Crippen LogP contribution in [-0.4, -0.2) is 18.0 Å². The van der Waals surface area contributed by atoms with Crippen LogP contribution in [-0.2, 0) is 11.4 Å². The summed E-state index contributed by atoms with van der Waals surface area (Å²) in [4.78, 5) is 16.6. The molecule has 1 heterocycles. The number of para-hydroxylation sites is 1. The molecule has 0 aliphatic heterocycles. The molecule has 0 aliphatic rings. The molecule has 0 aliphatic carbocycles. The number of nitrogens with one attached hydrogen (secondary N) is 1. The van der Waals surface area contributed by atoms with Crippen LogP contribution < -0.4 is 14.8 Å². The largest absolute Gasteiger partial charge is 0.497 e. The molecule has 0 atom stereocenters. The highest BCUT2D eigenvalue weighted by atomic mass is 35.5. The number of halogens is 1. The summed E-state index contributed by atoms with van der Waals surface area (Å²) in [5.74, 6) is 1.01. The van der Waals surface area contributed by atoms with Gasteiger partial charge in [0, 0.05) is 23.1 Å². The number of aryl methyl sites for hydroxylation is 1. The fourth-order valence-electron chi connectivity index (χ4n) is 2.44. The third-order valence-corrected chi connectivity index (χ3v) is 4.94. The Morgan fingerprint density at radius 1 is 1.29 bits per heavy atom. The van der Waals surface area contributed by atoms with Gasteiger partial charge in [0.05, 0.1) is 28.5 Å². The first-order chi connectivity index (χ1) is 13.5. The quantitative estimate of drug-likeness (QED) is 0.530. The number of aromatic nitrogens is 1. The number of methoxy groups -OCH3 is 1. The normalized spacial score (nSPS) is 10.8. The molecule has 144 valence electrons. The fraction of sp³-hybridized carbons (Fsp3) is 0.143. The summed E-state index contributed by atoms with van der Waals surface area (Å²) in [5.41, 5.74) is 2.19. The zero-order valence-corrected chi connectivity index (χ0v) is 17.0. The number of rotatable bonds is 7. The highest BCUT2D eigenvalue weighted by Crippen LogP contribution is 2.27. The summed E-state index contributed by atoms with van der Waals surface area (Å²) in [7, 11) is 1.56. The highest BCUT2D eigenvalue weighted by molar-refractivity contribution is 7.09. The molecule has 0 spiro atoms. The van der Waals surface area contributed by atoms with E-state index in [2.05, 4.69) is 10.3 Å². The number of nitrogens with zero attached hydrogens (tertiary/aromatic N) is 1. The Balaban J connectivity index is 1.65. The van der Waals surface area contributed by atoms with E-state index in [0.717, 1.165) is 16.3 Å². The summed E-state index contributed by atoms with van der Waals surface area (Å²) >= 11 is 7.74. The summed E-state index contributed by atoms with van der Waals surface area (Å²) < 4.78 is 11.0. The maximum Gasteiger partial charge on any atom is 0.248 e. The molecule has 0 unspecified atom stereocenters. The Bertz CT molecular complexity index is 1000. The monoisotopic (exact) mass is 414 g/mol. The lowest BCUT2D eigenvalue weighted by molar-refractivity contribution is -0.111. The van der Waals surface area contributed by atoms with Crippen molar-refractivity contribution in [3.05, 3.63) is 75.2 Å². The van der Waals surface area contributed by atoms with Crippen molar-refractivity contribution in [1.29, 1.82) is 0 Å². The highest BCUT2D eigenvalue weighted by Gasteiger charge is 2.06. The van der Waals surface area contributed by atoms with Gasteiger partial charge in [0.1, 0.15) is 18.1 Å². The number of hydrogen-bond donors (Lipinski definition) is 1. The molecule has 0 bridgehead atoms. The number of carbonyl (C=O) groups excluding carboxylic acids is 1. The fourth-order valence-corrected chi connectivity index (χ4v) is 3.26. The van der Waals surface area contributed by atoms with E-state index < -0.39 is 0 Å². The van der Waals surface area contributed by atoms with E-state index in [1.165, 1.54) is 6.08 Å². The summed E-state index contributed by atoms with van der Waals surface area (Å²) in [5, 5.41) is 6.13. The molecule has 5 nitrogen and oxygen atoms in total. The molecular weight excluding hydrogens is 396 g/mol. The maximum absolute atomic E-state index is 12.2. The standard InChI is InChI=1S/C21H19ClN2O3S/c1-14-23-16(13-28-14)12-27-20-6-4-3-5-15(20)7-10-21(25)24-19-9-8-17(26-2)11-18(19)22/h3-11,13H,12H2,1-2H3,(H,24,25). The molecule has 3 aromatic rings. The second-order valence-electron chi connectivity index (χ2n) is 5.85. The van der Waals surface area contributed by atoms with Crippen LogP contribution in [0, 0.1) is 6.92 Å². The minimum atomic E-state index is -0.294. The van der Waals surface area contributed by atoms with Crippen molar-refractivity contribution in [3.63, 3.8) is 0 Å². The Labute approximate surface area is 172 Å².